The summed E-state index contributed by atoms with van der Waals surface area (Å²) in [5.41, 5.74) is 0. The van der Waals surface area contributed by atoms with Crippen LogP contribution in [-0.2, 0) is 13.6 Å². The third kappa shape index (κ3) is 2.11. The number of aryl methyl sites for hydroxylation is 1. The van der Waals surface area contributed by atoms with E-state index >= 15 is 0 Å². The highest BCUT2D eigenvalue weighted by Crippen LogP contribution is 2.37. The van der Waals surface area contributed by atoms with E-state index in [1.165, 1.54) is 0 Å². The minimum absolute atomic E-state index is 0.200. The Labute approximate surface area is 104 Å². The number of nitrogens with zero attached hydrogens (tertiary/aromatic N) is 4. The number of nitrogens with one attached hydrogen (secondary N) is 2. The molecule has 0 aromatic carbocycles. The predicted molar refractivity (Wildman–Crippen MR) is 62.7 cm³/mol. The average Bonchev–Trinajstić information content (AvgIpc) is 2.95. The van der Waals surface area contributed by atoms with Gasteiger partial charge in [0.15, 0.2) is 0 Å². The quantitative estimate of drug-likeness (QED) is 0.814. The molecule has 2 aromatic heterocycles. The molecule has 0 bridgehead atoms. The SMILES string of the molecule is Cn1ccnc1CNC(=O)c1n[nH]c(C2CC2)n1. The number of hydrogen-bond donors (Lipinski definition) is 2. The van der Waals surface area contributed by atoms with Crippen molar-refractivity contribution < 1.29 is 4.79 Å². The maximum Gasteiger partial charge on any atom is 0.291 e. The number of amides is 1. The molecule has 3 rings (SSSR count). The fourth-order valence-electron chi connectivity index (χ4n) is 1.72. The molecule has 1 saturated carbocycles. The van der Waals surface area contributed by atoms with Crippen LogP contribution < -0.4 is 5.32 Å². The topological polar surface area (TPSA) is 88.5 Å². The second-order valence-electron chi connectivity index (χ2n) is 4.46. The van der Waals surface area contributed by atoms with Gasteiger partial charge >= 0.3 is 0 Å². The Morgan fingerprint density at radius 2 is 2.44 bits per heavy atom. The Balaban J connectivity index is 1.62. The number of carbonyl (C=O) groups is 1. The van der Waals surface area contributed by atoms with E-state index in [9.17, 15) is 4.79 Å². The van der Waals surface area contributed by atoms with E-state index in [4.69, 9.17) is 0 Å². The van der Waals surface area contributed by atoms with Crippen molar-refractivity contribution in [1.82, 2.24) is 30.0 Å². The molecular formula is C11H14N6O. The summed E-state index contributed by atoms with van der Waals surface area (Å²) in [5.74, 6) is 2.00. The smallest absolute Gasteiger partial charge is 0.291 e. The summed E-state index contributed by atoms with van der Waals surface area (Å²) in [7, 11) is 1.88. The van der Waals surface area contributed by atoms with E-state index < -0.39 is 0 Å². The maximum atomic E-state index is 11.8. The molecule has 1 amide bonds. The van der Waals surface area contributed by atoms with Gasteiger partial charge in [-0.1, -0.05) is 0 Å². The fourth-order valence-corrected chi connectivity index (χ4v) is 1.72. The minimum Gasteiger partial charge on any atom is -0.342 e. The van der Waals surface area contributed by atoms with Gasteiger partial charge in [-0.3, -0.25) is 9.89 Å². The lowest BCUT2D eigenvalue weighted by atomic mass is 10.4. The second-order valence-corrected chi connectivity index (χ2v) is 4.46. The minimum atomic E-state index is -0.277. The number of H-pyrrole nitrogens is 1. The molecule has 0 saturated heterocycles. The average molecular weight is 246 g/mol. The third-order valence-electron chi connectivity index (χ3n) is 3.00. The van der Waals surface area contributed by atoms with E-state index in [0.29, 0.717) is 12.5 Å². The van der Waals surface area contributed by atoms with Crippen molar-refractivity contribution in [3.8, 4) is 0 Å². The lowest BCUT2D eigenvalue weighted by Crippen LogP contribution is -2.25. The number of rotatable bonds is 4. The van der Waals surface area contributed by atoms with Crippen molar-refractivity contribution in [2.75, 3.05) is 0 Å². The monoisotopic (exact) mass is 246 g/mol. The van der Waals surface area contributed by atoms with Gasteiger partial charge in [0.2, 0.25) is 5.82 Å². The molecule has 7 nitrogen and oxygen atoms in total. The van der Waals surface area contributed by atoms with Gasteiger partial charge in [-0.05, 0) is 12.8 Å². The molecule has 94 valence electrons. The number of carbonyl (C=O) groups excluding carboxylic acids is 1. The highest BCUT2D eigenvalue weighted by molar-refractivity contribution is 5.90. The summed E-state index contributed by atoms with van der Waals surface area (Å²) >= 11 is 0. The molecule has 7 heteroatoms. The number of imidazole rings is 1. The van der Waals surface area contributed by atoms with Crippen molar-refractivity contribution in [2.45, 2.75) is 25.3 Å². The third-order valence-corrected chi connectivity index (χ3v) is 3.00. The Morgan fingerprint density at radius 3 is 3.11 bits per heavy atom. The molecule has 2 aromatic rings. The van der Waals surface area contributed by atoms with Crippen LogP contribution in [0, 0.1) is 0 Å². The predicted octanol–water partition coefficient (Wildman–Crippen LogP) is 0.346. The molecular weight excluding hydrogens is 232 g/mol. The van der Waals surface area contributed by atoms with E-state index in [0.717, 1.165) is 24.5 Å². The van der Waals surface area contributed by atoms with Crippen LogP contribution in [0.1, 0.15) is 41.0 Å². The fraction of sp³-hybridized carbons (Fsp3) is 0.455. The number of aromatic nitrogens is 5. The molecule has 2 heterocycles. The van der Waals surface area contributed by atoms with Crippen LogP contribution in [0.3, 0.4) is 0 Å². The van der Waals surface area contributed by atoms with Gasteiger partial charge in [0.1, 0.15) is 11.6 Å². The molecule has 1 aliphatic rings. The van der Waals surface area contributed by atoms with Gasteiger partial charge in [0.25, 0.3) is 5.91 Å². The van der Waals surface area contributed by atoms with Crippen LogP contribution in [0.2, 0.25) is 0 Å². The standard InChI is InChI=1S/C11H14N6O/c1-17-5-4-12-8(17)6-13-11(18)10-14-9(15-16-10)7-2-3-7/h4-5,7H,2-3,6H2,1H3,(H,13,18)(H,14,15,16). The second kappa shape index (κ2) is 4.25. The highest BCUT2D eigenvalue weighted by atomic mass is 16.2. The number of hydrogen-bond acceptors (Lipinski definition) is 4. The Bertz CT molecular complexity index is 568. The summed E-state index contributed by atoms with van der Waals surface area (Å²) in [5, 5.41) is 9.48. The summed E-state index contributed by atoms with van der Waals surface area (Å²) in [4.78, 5) is 20.1. The summed E-state index contributed by atoms with van der Waals surface area (Å²) < 4.78 is 1.86. The zero-order chi connectivity index (χ0) is 12.5. The van der Waals surface area contributed by atoms with E-state index in [1.54, 1.807) is 6.20 Å². The first-order chi connectivity index (χ1) is 8.74. The highest BCUT2D eigenvalue weighted by Gasteiger charge is 2.28. The molecule has 1 fully saturated rings. The van der Waals surface area contributed by atoms with Crippen LogP contribution in [-0.4, -0.2) is 30.6 Å². The largest absolute Gasteiger partial charge is 0.342 e. The number of aromatic amines is 1. The molecule has 1 aliphatic carbocycles. The normalized spacial score (nSPS) is 14.7. The van der Waals surface area contributed by atoms with Gasteiger partial charge in [-0.2, -0.15) is 0 Å². The first-order valence-corrected chi connectivity index (χ1v) is 5.90. The van der Waals surface area contributed by atoms with Crippen LogP contribution in [0.5, 0.6) is 0 Å². The summed E-state index contributed by atoms with van der Waals surface area (Å²) in [6.07, 6.45) is 5.78. The summed E-state index contributed by atoms with van der Waals surface area (Å²) in [6, 6.07) is 0. The van der Waals surface area contributed by atoms with Crippen molar-refractivity contribution in [3.63, 3.8) is 0 Å². The Hall–Kier alpha value is -2.18. The van der Waals surface area contributed by atoms with Gasteiger partial charge < -0.3 is 9.88 Å². The van der Waals surface area contributed by atoms with Crippen molar-refractivity contribution in [2.24, 2.45) is 7.05 Å². The Kier molecular flexibility index (Phi) is 2.58. The van der Waals surface area contributed by atoms with Gasteiger partial charge in [-0.25, -0.2) is 9.97 Å². The van der Waals surface area contributed by atoms with Crippen LogP contribution in [0.15, 0.2) is 12.4 Å². The molecule has 0 unspecified atom stereocenters. The van der Waals surface area contributed by atoms with E-state index in [2.05, 4.69) is 25.5 Å². The molecule has 0 spiro atoms. The van der Waals surface area contributed by atoms with Crippen molar-refractivity contribution >= 4 is 5.91 Å². The van der Waals surface area contributed by atoms with Crippen molar-refractivity contribution in [3.05, 3.63) is 29.9 Å². The molecule has 18 heavy (non-hydrogen) atoms. The van der Waals surface area contributed by atoms with Crippen LogP contribution in [0.4, 0.5) is 0 Å². The van der Waals surface area contributed by atoms with Gasteiger partial charge in [0, 0.05) is 25.4 Å². The maximum absolute atomic E-state index is 11.8. The Morgan fingerprint density at radius 1 is 1.61 bits per heavy atom. The van der Waals surface area contributed by atoms with Gasteiger partial charge in [-0.15, -0.1) is 5.10 Å². The van der Waals surface area contributed by atoms with Crippen molar-refractivity contribution in [1.29, 1.82) is 0 Å². The lowest BCUT2D eigenvalue weighted by Gasteiger charge is -2.02. The van der Waals surface area contributed by atoms with Gasteiger partial charge in [0.05, 0.1) is 6.54 Å². The zero-order valence-electron chi connectivity index (χ0n) is 10.1. The molecule has 0 atom stereocenters. The molecule has 0 aliphatic heterocycles. The molecule has 2 N–H and O–H groups in total. The lowest BCUT2D eigenvalue weighted by molar-refractivity contribution is 0.0939. The van der Waals surface area contributed by atoms with E-state index in [-0.39, 0.29) is 11.7 Å². The van der Waals surface area contributed by atoms with E-state index in [1.807, 2.05) is 17.8 Å². The molecule has 0 radical (unpaired) electrons. The first kappa shape index (κ1) is 10.9. The van der Waals surface area contributed by atoms with Crippen LogP contribution in [0.25, 0.3) is 0 Å². The summed E-state index contributed by atoms with van der Waals surface area (Å²) in [6.45, 7) is 0.371. The zero-order valence-corrected chi connectivity index (χ0v) is 10.1. The first-order valence-electron chi connectivity index (χ1n) is 5.90. The van der Waals surface area contributed by atoms with Crippen LogP contribution >= 0.6 is 0 Å².